The number of carboxylic acids is 1. The van der Waals surface area contributed by atoms with Crippen LogP contribution in [0.25, 0.3) is 0 Å². The molecule has 0 aliphatic heterocycles. The fourth-order valence-corrected chi connectivity index (χ4v) is 2.36. The number of hydrogen-bond acceptors (Lipinski definition) is 2. The van der Waals surface area contributed by atoms with Crippen LogP contribution in [0.15, 0.2) is 24.3 Å². The minimum absolute atomic E-state index is 0.0850. The second kappa shape index (κ2) is 4.03. The smallest absolute Gasteiger partial charge is 0.303 e. The van der Waals surface area contributed by atoms with Crippen molar-refractivity contribution >= 4 is 5.97 Å². The highest BCUT2D eigenvalue weighted by atomic mass is 16.4. The first-order valence-corrected chi connectivity index (χ1v) is 5.23. The van der Waals surface area contributed by atoms with Crippen molar-refractivity contribution in [3.8, 4) is 0 Å². The molecule has 0 saturated carbocycles. The van der Waals surface area contributed by atoms with Crippen molar-refractivity contribution in [3.63, 3.8) is 0 Å². The Bertz CT molecular complexity index is 376. The van der Waals surface area contributed by atoms with E-state index < -0.39 is 5.97 Å². The summed E-state index contributed by atoms with van der Waals surface area (Å²) in [5, 5.41) is 8.67. The lowest BCUT2D eigenvalue weighted by Gasteiger charge is -2.15. The number of carbonyl (C=O) groups is 1. The molecule has 3 nitrogen and oxygen atoms in total. The molecular weight excluding hydrogens is 190 g/mol. The molecule has 0 amide bonds. The van der Waals surface area contributed by atoms with Gasteiger partial charge in [0.1, 0.15) is 0 Å². The van der Waals surface area contributed by atoms with Gasteiger partial charge in [-0.25, -0.2) is 0 Å². The number of aliphatic carboxylic acids is 1. The van der Waals surface area contributed by atoms with Crippen LogP contribution < -0.4 is 5.73 Å². The largest absolute Gasteiger partial charge is 0.481 e. The third kappa shape index (κ3) is 2.02. The second-order valence-electron chi connectivity index (χ2n) is 4.11. The molecule has 2 rings (SSSR count). The first-order chi connectivity index (χ1) is 7.18. The molecule has 1 aliphatic rings. The van der Waals surface area contributed by atoms with Gasteiger partial charge in [0.2, 0.25) is 0 Å². The summed E-state index contributed by atoms with van der Waals surface area (Å²) in [7, 11) is 0. The van der Waals surface area contributed by atoms with Crippen LogP contribution in [0.4, 0.5) is 0 Å². The highest BCUT2D eigenvalue weighted by Crippen LogP contribution is 2.35. The predicted molar refractivity (Wildman–Crippen MR) is 57.7 cm³/mol. The predicted octanol–water partition coefficient (Wildman–Crippen LogP) is 1.52. The molecule has 15 heavy (non-hydrogen) atoms. The Morgan fingerprint density at radius 2 is 2.20 bits per heavy atom. The van der Waals surface area contributed by atoms with Crippen molar-refractivity contribution in [2.45, 2.75) is 31.2 Å². The van der Waals surface area contributed by atoms with E-state index in [1.165, 1.54) is 11.1 Å². The maximum absolute atomic E-state index is 10.5. The highest BCUT2D eigenvalue weighted by Gasteiger charge is 2.29. The van der Waals surface area contributed by atoms with E-state index in [2.05, 4.69) is 12.1 Å². The van der Waals surface area contributed by atoms with Gasteiger partial charge in [0.05, 0.1) is 0 Å². The number of fused-ring (bicyclic) bond motifs is 1. The molecule has 0 fully saturated rings. The van der Waals surface area contributed by atoms with Crippen molar-refractivity contribution in [1.29, 1.82) is 0 Å². The molecule has 3 N–H and O–H groups in total. The van der Waals surface area contributed by atoms with Crippen LogP contribution in [0, 0.1) is 0 Å². The second-order valence-corrected chi connectivity index (χ2v) is 4.11. The zero-order valence-electron chi connectivity index (χ0n) is 8.52. The third-order valence-corrected chi connectivity index (χ3v) is 3.10. The van der Waals surface area contributed by atoms with Crippen LogP contribution in [0.2, 0.25) is 0 Å². The lowest BCUT2D eigenvalue weighted by molar-refractivity contribution is -0.137. The van der Waals surface area contributed by atoms with E-state index in [1.807, 2.05) is 12.1 Å². The van der Waals surface area contributed by atoms with E-state index in [4.69, 9.17) is 10.8 Å². The molecular formula is C12H15NO2. The maximum atomic E-state index is 10.5. The third-order valence-electron chi connectivity index (χ3n) is 3.10. The Morgan fingerprint density at radius 1 is 1.47 bits per heavy atom. The first-order valence-electron chi connectivity index (χ1n) is 5.23. The van der Waals surface area contributed by atoms with Gasteiger partial charge in [0, 0.05) is 18.4 Å². The molecule has 0 spiro atoms. The summed E-state index contributed by atoms with van der Waals surface area (Å²) in [5.74, 6) is -0.524. The average Bonchev–Trinajstić information content (AvgIpc) is 2.50. The van der Waals surface area contributed by atoms with Crippen LogP contribution in [0.5, 0.6) is 0 Å². The molecule has 0 radical (unpaired) electrons. The van der Waals surface area contributed by atoms with Crippen molar-refractivity contribution in [1.82, 2.24) is 0 Å². The molecule has 0 heterocycles. The van der Waals surface area contributed by atoms with Crippen molar-refractivity contribution in [3.05, 3.63) is 35.4 Å². The van der Waals surface area contributed by atoms with Crippen molar-refractivity contribution < 1.29 is 9.90 Å². The van der Waals surface area contributed by atoms with Crippen LogP contribution in [0.1, 0.15) is 29.9 Å². The Balaban J connectivity index is 2.15. The maximum Gasteiger partial charge on any atom is 0.303 e. The van der Waals surface area contributed by atoms with E-state index in [-0.39, 0.29) is 18.4 Å². The summed E-state index contributed by atoms with van der Waals surface area (Å²) >= 11 is 0. The van der Waals surface area contributed by atoms with Gasteiger partial charge in [0.15, 0.2) is 0 Å². The zero-order chi connectivity index (χ0) is 10.8. The molecule has 3 heteroatoms. The minimum Gasteiger partial charge on any atom is -0.481 e. The highest BCUT2D eigenvalue weighted by molar-refractivity contribution is 5.66. The van der Waals surface area contributed by atoms with Crippen LogP contribution in [-0.4, -0.2) is 17.1 Å². The lowest BCUT2D eigenvalue weighted by Crippen LogP contribution is -2.25. The summed E-state index contributed by atoms with van der Waals surface area (Å²) in [6.45, 7) is 0. The fraction of sp³-hybridized carbons (Fsp3) is 0.417. The van der Waals surface area contributed by atoms with Gasteiger partial charge >= 0.3 is 5.97 Å². The topological polar surface area (TPSA) is 63.3 Å². The van der Waals surface area contributed by atoms with E-state index in [1.54, 1.807) is 0 Å². The molecule has 0 saturated heterocycles. The van der Waals surface area contributed by atoms with Gasteiger partial charge in [0.25, 0.3) is 0 Å². The van der Waals surface area contributed by atoms with Crippen LogP contribution in [-0.2, 0) is 11.2 Å². The van der Waals surface area contributed by atoms with Gasteiger partial charge in [-0.05, 0) is 24.0 Å². The Morgan fingerprint density at radius 3 is 2.93 bits per heavy atom. The normalized spacial score (nSPS) is 23.8. The number of benzene rings is 1. The summed E-state index contributed by atoms with van der Waals surface area (Å²) in [6, 6.07) is 8.22. The Kier molecular flexibility index (Phi) is 2.73. The van der Waals surface area contributed by atoms with E-state index in [0.29, 0.717) is 6.42 Å². The average molecular weight is 205 g/mol. The summed E-state index contributed by atoms with van der Waals surface area (Å²) in [5.41, 5.74) is 8.54. The fourth-order valence-electron chi connectivity index (χ4n) is 2.36. The van der Waals surface area contributed by atoms with E-state index in [0.717, 1.165) is 6.42 Å². The number of hydrogen-bond donors (Lipinski definition) is 2. The lowest BCUT2D eigenvalue weighted by atomic mass is 9.94. The molecule has 1 aromatic carbocycles. The summed E-state index contributed by atoms with van der Waals surface area (Å²) in [6.07, 6.45) is 1.72. The minimum atomic E-state index is -0.744. The molecule has 2 unspecified atom stereocenters. The molecule has 0 aromatic heterocycles. The van der Waals surface area contributed by atoms with E-state index >= 15 is 0 Å². The Hall–Kier alpha value is -1.35. The number of nitrogens with two attached hydrogens (primary N) is 1. The molecule has 1 aliphatic carbocycles. The van der Waals surface area contributed by atoms with Crippen LogP contribution >= 0.6 is 0 Å². The van der Waals surface area contributed by atoms with Gasteiger partial charge in [-0.3, -0.25) is 4.79 Å². The van der Waals surface area contributed by atoms with Crippen molar-refractivity contribution in [2.75, 3.05) is 0 Å². The van der Waals surface area contributed by atoms with Gasteiger partial charge in [-0.1, -0.05) is 24.3 Å². The number of carboxylic acid groups (broad SMARTS) is 1. The monoisotopic (exact) mass is 205 g/mol. The summed E-state index contributed by atoms with van der Waals surface area (Å²) in [4.78, 5) is 10.5. The van der Waals surface area contributed by atoms with E-state index in [9.17, 15) is 4.79 Å². The molecule has 1 aromatic rings. The van der Waals surface area contributed by atoms with Crippen LogP contribution in [0.3, 0.4) is 0 Å². The Labute approximate surface area is 88.9 Å². The quantitative estimate of drug-likeness (QED) is 0.786. The zero-order valence-corrected chi connectivity index (χ0v) is 8.52. The standard InChI is InChI=1S/C12H15NO2/c13-11-7-8-3-1-2-4-9(8)10(11)5-6-12(14)15/h1-4,10-11H,5-7,13H2,(H,14,15). The van der Waals surface area contributed by atoms with Crippen molar-refractivity contribution in [2.24, 2.45) is 5.73 Å². The SMILES string of the molecule is NC1Cc2ccccc2C1CCC(=O)O. The molecule has 0 bridgehead atoms. The van der Waals surface area contributed by atoms with Gasteiger partial charge in [-0.15, -0.1) is 0 Å². The molecule has 80 valence electrons. The number of rotatable bonds is 3. The van der Waals surface area contributed by atoms with Gasteiger partial charge < -0.3 is 10.8 Å². The molecule has 2 atom stereocenters. The van der Waals surface area contributed by atoms with Gasteiger partial charge in [-0.2, -0.15) is 0 Å². The first kappa shape index (κ1) is 10.2. The summed E-state index contributed by atoms with van der Waals surface area (Å²) < 4.78 is 0.